The fourth-order valence-corrected chi connectivity index (χ4v) is 3.45. The van der Waals surface area contributed by atoms with Gasteiger partial charge < -0.3 is 19.5 Å². The number of likely N-dealkylation sites (tertiary alicyclic amines) is 1. The molecule has 2 aromatic rings. The number of piperidine rings is 1. The molecule has 0 bridgehead atoms. The maximum absolute atomic E-state index is 5.43. The molecule has 6 nitrogen and oxygen atoms in total. The lowest BCUT2D eigenvalue weighted by Gasteiger charge is -2.39. The standard InChI is InChI=1S/C19H27N5O/c1-15-8-10-23(13-17(15)24-11-9-21-14-24)19(20-2)22-12-16-6-4-5-7-18(16)25-3/h4-7,9,11,14-15,17H,8,10,12-13H2,1-3H3,(H,20,22). The van der Waals surface area contributed by atoms with Crippen LogP contribution in [0.2, 0.25) is 0 Å². The second-order valence-corrected chi connectivity index (χ2v) is 6.50. The van der Waals surface area contributed by atoms with Crippen LogP contribution in [0.15, 0.2) is 48.0 Å². The zero-order chi connectivity index (χ0) is 17.6. The molecule has 1 aliphatic rings. The van der Waals surface area contributed by atoms with Crippen LogP contribution in [0.4, 0.5) is 0 Å². The van der Waals surface area contributed by atoms with E-state index in [9.17, 15) is 0 Å². The van der Waals surface area contributed by atoms with Crippen LogP contribution in [-0.2, 0) is 6.54 Å². The van der Waals surface area contributed by atoms with Crippen molar-refractivity contribution in [2.75, 3.05) is 27.2 Å². The first-order valence-electron chi connectivity index (χ1n) is 8.78. The van der Waals surface area contributed by atoms with Crippen LogP contribution in [0.1, 0.15) is 24.9 Å². The van der Waals surface area contributed by atoms with Crippen molar-refractivity contribution < 1.29 is 4.74 Å². The van der Waals surface area contributed by atoms with Gasteiger partial charge in [0.25, 0.3) is 0 Å². The van der Waals surface area contributed by atoms with Crippen molar-refractivity contribution >= 4 is 5.96 Å². The van der Waals surface area contributed by atoms with Crippen LogP contribution in [0.3, 0.4) is 0 Å². The van der Waals surface area contributed by atoms with Gasteiger partial charge in [-0.05, 0) is 18.4 Å². The second kappa shape index (κ2) is 8.05. The van der Waals surface area contributed by atoms with Gasteiger partial charge in [-0.3, -0.25) is 4.99 Å². The Morgan fingerprint density at radius 3 is 2.96 bits per heavy atom. The molecule has 1 saturated heterocycles. The number of rotatable bonds is 4. The highest BCUT2D eigenvalue weighted by Gasteiger charge is 2.28. The van der Waals surface area contributed by atoms with E-state index in [1.54, 1.807) is 7.11 Å². The lowest BCUT2D eigenvalue weighted by atomic mass is 9.93. The summed E-state index contributed by atoms with van der Waals surface area (Å²) >= 11 is 0. The summed E-state index contributed by atoms with van der Waals surface area (Å²) in [4.78, 5) is 11.0. The van der Waals surface area contributed by atoms with Crippen molar-refractivity contribution in [3.05, 3.63) is 48.5 Å². The summed E-state index contributed by atoms with van der Waals surface area (Å²) in [6.45, 7) is 4.95. The first-order chi connectivity index (χ1) is 12.2. The van der Waals surface area contributed by atoms with Gasteiger partial charge in [0.15, 0.2) is 5.96 Å². The largest absolute Gasteiger partial charge is 0.496 e. The molecule has 1 fully saturated rings. The Labute approximate surface area is 149 Å². The van der Waals surface area contributed by atoms with Crippen molar-refractivity contribution in [1.82, 2.24) is 19.8 Å². The van der Waals surface area contributed by atoms with Crippen LogP contribution in [0.5, 0.6) is 5.75 Å². The molecule has 0 aliphatic carbocycles. The third-order valence-corrected chi connectivity index (χ3v) is 4.97. The van der Waals surface area contributed by atoms with E-state index in [2.05, 4.69) is 43.9 Å². The number of aromatic nitrogens is 2. The Hall–Kier alpha value is -2.50. The predicted molar refractivity (Wildman–Crippen MR) is 99.8 cm³/mol. The summed E-state index contributed by atoms with van der Waals surface area (Å²) in [7, 11) is 3.55. The van der Waals surface area contributed by atoms with Crippen molar-refractivity contribution in [1.29, 1.82) is 0 Å². The molecule has 0 spiro atoms. The number of imidazole rings is 1. The van der Waals surface area contributed by atoms with Gasteiger partial charge in [-0.2, -0.15) is 0 Å². The van der Waals surface area contributed by atoms with Gasteiger partial charge >= 0.3 is 0 Å². The van der Waals surface area contributed by atoms with Crippen molar-refractivity contribution in [3.8, 4) is 5.75 Å². The lowest BCUT2D eigenvalue weighted by Crippen LogP contribution is -2.48. The zero-order valence-corrected chi connectivity index (χ0v) is 15.2. The average Bonchev–Trinajstić information content (AvgIpc) is 3.18. The van der Waals surface area contributed by atoms with E-state index in [0.717, 1.165) is 36.8 Å². The maximum atomic E-state index is 5.43. The first-order valence-corrected chi connectivity index (χ1v) is 8.78. The molecule has 2 unspecified atom stereocenters. The minimum absolute atomic E-state index is 0.418. The second-order valence-electron chi connectivity index (χ2n) is 6.50. The number of guanidine groups is 1. The molecular formula is C19H27N5O. The van der Waals surface area contributed by atoms with Crippen molar-refractivity contribution in [3.63, 3.8) is 0 Å². The number of nitrogens with zero attached hydrogens (tertiary/aromatic N) is 4. The maximum Gasteiger partial charge on any atom is 0.193 e. The van der Waals surface area contributed by atoms with Gasteiger partial charge in [-0.1, -0.05) is 25.1 Å². The monoisotopic (exact) mass is 341 g/mol. The third kappa shape index (κ3) is 3.95. The smallest absolute Gasteiger partial charge is 0.193 e. The zero-order valence-electron chi connectivity index (χ0n) is 15.2. The highest BCUT2D eigenvalue weighted by molar-refractivity contribution is 5.80. The molecule has 2 atom stereocenters. The minimum atomic E-state index is 0.418. The van der Waals surface area contributed by atoms with Gasteiger partial charge in [-0.15, -0.1) is 0 Å². The summed E-state index contributed by atoms with van der Waals surface area (Å²) in [6.07, 6.45) is 6.95. The fourth-order valence-electron chi connectivity index (χ4n) is 3.45. The molecule has 1 aliphatic heterocycles. The molecule has 0 amide bonds. The first kappa shape index (κ1) is 17.3. The summed E-state index contributed by atoms with van der Waals surface area (Å²) in [5.74, 6) is 2.45. The lowest BCUT2D eigenvalue weighted by molar-refractivity contribution is 0.189. The molecular weight excluding hydrogens is 314 g/mol. The Balaban J connectivity index is 1.67. The highest BCUT2D eigenvalue weighted by Crippen LogP contribution is 2.27. The Bertz CT molecular complexity index is 698. The summed E-state index contributed by atoms with van der Waals surface area (Å²) in [6, 6.07) is 8.49. The Morgan fingerprint density at radius 1 is 1.40 bits per heavy atom. The van der Waals surface area contributed by atoms with Crippen molar-refractivity contribution in [2.45, 2.75) is 25.9 Å². The van der Waals surface area contributed by atoms with Gasteiger partial charge in [0.05, 0.1) is 19.5 Å². The number of ether oxygens (including phenoxy) is 1. The Morgan fingerprint density at radius 2 is 2.24 bits per heavy atom. The van der Waals surface area contributed by atoms with Gasteiger partial charge in [-0.25, -0.2) is 4.98 Å². The molecule has 3 rings (SSSR count). The van der Waals surface area contributed by atoms with E-state index in [1.807, 2.05) is 37.8 Å². The summed E-state index contributed by atoms with van der Waals surface area (Å²) in [5.41, 5.74) is 1.13. The van der Waals surface area contributed by atoms with Crippen LogP contribution in [0.25, 0.3) is 0 Å². The number of hydrogen-bond acceptors (Lipinski definition) is 3. The topological polar surface area (TPSA) is 54.7 Å². The summed E-state index contributed by atoms with van der Waals surface area (Å²) < 4.78 is 7.65. The van der Waals surface area contributed by atoms with Crippen LogP contribution >= 0.6 is 0 Å². The third-order valence-electron chi connectivity index (χ3n) is 4.97. The van der Waals surface area contributed by atoms with E-state index in [4.69, 9.17) is 4.74 Å². The van der Waals surface area contributed by atoms with E-state index < -0.39 is 0 Å². The van der Waals surface area contributed by atoms with Crippen LogP contribution < -0.4 is 10.1 Å². The molecule has 6 heteroatoms. The van der Waals surface area contributed by atoms with Gasteiger partial charge in [0.2, 0.25) is 0 Å². The molecule has 0 radical (unpaired) electrons. The number of para-hydroxylation sites is 1. The number of nitrogens with one attached hydrogen (secondary N) is 1. The van der Waals surface area contributed by atoms with Gasteiger partial charge in [0.1, 0.15) is 5.75 Å². The van der Waals surface area contributed by atoms with Crippen molar-refractivity contribution in [2.24, 2.45) is 10.9 Å². The number of methoxy groups -OCH3 is 1. The van der Waals surface area contributed by atoms with Crippen LogP contribution in [0, 0.1) is 5.92 Å². The minimum Gasteiger partial charge on any atom is -0.496 e. The fraction of sp³-hybridized carbons (Fsp3) is 0.474. The summed E-state index contributed by atoms with van der Waals surface area (Å²) in [5, 5.41) is 3.48. The molecule has 134 valence electrons. The molecule has 1 aromatic heterocycles. The number of aliphatic imine (C=N–C) groups is 1. The quantitative estimate of drug-likeness (QED) is 0.686. The van der Waals surface area contributed by atoms with E-state index in [-0.39, 0.29) is 0 Å². The van der Waals surface area contributed by atoms with E-state index in [0.29, 0.717) is 18.5 Å². The number of hydrogen-bond donors (Lipinski definition) is 1. The molecule has 1 N–H and O–H groups in total. The molecule has 25 heavy (non-hydrogen) atoms. The highest BCUT2D eigenvalue weighted by atomic mass is 16.5. The molecule has 1 aromatic carbocycles. The van der Waals surface area contributed by atoms with E-state index in [1.165, 1.54) is 0 Å². The average molecular weight is 341 g/mol. The SMILES string of the molecule is CN=C(NCc1ccccc1OC)N1CCC(C)C(n2ccnc2)C1. The predicted octanol–water partition coefficient (Wildman–Crippen LogP) is 2.55. The molecule has 0 saturated carbocycles. The van der Waals surface area contributed by atoms with Gasteiger partial charge in [0, 0.05) is 44.6 Å². The Kier molecular flexibility index (Phi) is 5.58. The molecule has 2 heterocycles. The normalized spacial score (nSPS) is 21.2. The number of benzene rings is 1. The van der Waals surface area contributed by atoms with E-state index >= 15 is 0 Å². The van der Waals surface area contributed by atoms with Crippen LogP contribution in [-0.4, -0.2) is 47.7 Å².